The van der Waals surface area contributed by atoms with E-state index in [0.717, 1.165) is 29.4 Å². The summed E-state index contributed by atoms with van der Waals surface area (Å²) in [5.74, 6) is -5.59. The molecule has 4 rings (SSSR count). The third kappa shape index (κ3) is 5.04. The molecule has 0 aliphatic heterocycles. The number of carbonyl (C=O) groups excluding carboxylic acids is 1. The lowest BCUT2D eigenvalue weighted by molar-refractivity contribution is -0.913. The van der Waals surface area contributed by atoms with E-state index in [1.807, 2.05) is 6.07 Å². The van der Waals surface area contributed by atoms with Crippen LogP contribution in [0, 0.1) is 5.82 Å². The molecular formula is C22H18ClF3N6O2. The Morgan fingerprint density at radius 3 is 2.85 bits per heavy atom. The molecule has 12 heteroatoms. The van der Waals surface area contributed by atoms with Crippen LogP contribution in [0.25, 0.3) is 11.0 Å². The van der Waals surface area contributed by atoms with Crippen LogP contribution in [0.5, 0.6) is 0 Å². The molecule has 4 heterocycles. The minimum absolute atomic E-state index is 0.118. The van der Waals surface area contributed by atoms with Crippen LogP contribution in [0.15, 0.2) is 55.1 Å². The van der Waals surface area contributed by atoms with E-state index in [4.69, 9.17) is 11.6 Å². The summed E-state index contributed by atoms with van der Waals surface area (Å²) in [6.45, 7) is -0.909. The number of carbonyl (C=O) groups is 1. The van der Waals surface area contributed by atoms with Crippen molar-refractivity contribution in [1.82, 2.24) is 20.3 Å². The molecule has 0 atom stereocenters. The quantitative estimate of drug-likeness (QED) is 0.259. The van der Waals surface area contributed by atoms with E-state index in [-0.39, 0.29) is 21.9 Å². The van der Waals surface area contributed by atoms with Gasteiger partial charge in [-0.15, -0.1) is 0 Å². The molecule has 4 aromatic heterocycles. The number of nitrogens with zero attached hydrogens (tertiary/aromatic N) is 4. The van der Waals surface area contributed by atoms with Gasteiger partial charge in [0.05, 0.1) is 18.0 Å². The summed E-state index contributed by atoms with van der Waals surface area (Å²) >= 11 is 6.01. The van der Waals surface area contributed by atoms with Crippen LogP contribution in [0.4, 0.5) is 19.0 Å². The first-order valence-electron chi connectivity index (χ1n) is 10.0. The number of hydrogen-bond acceptors (Lipinski definition) is 5. The van der Waals surface area contributed by atoms with E-state index in [2.05, 4.69) is 25.6 Å². The highest BCUT2D eigenvalue weighted by Crippen LogP contribution is 2.28. The van der Waals surface area contributed by atoms with Crippen LogP contribution in [0.3, 0.4) is 0 Å². The zero-order valence-corrected chi connectivity index (χ0v) is 18.2. The Bertz CT molecular complexity index is 1350. The number of alkyl halides is 2. The van der Waals surface area contributed by atoms with Crippen molar-refractivity contribution >= 4 is 34.4 Å². The predicted molar refractivity (Wildman–Crippen MR) is 116 cm³/mol. The summed E-state index contributed by atoms with van der Waals surface area (Å²) in [7, 11) is 0. The van der Waals surface area contributed by atoms with Crippen LogP contribution in [-0.2, 0) is 23.7 Å². The maximum Gasteiger partial charge on any atom is 0.351 e. The number of rotatable bonds is 8. The number of aromatic nitrogens is 4. The highest BCUT2D eigenvalue weighted by molar-refractivity contribution is 6.31. The number of halogens is 4. The van der Waals surface area contributed by atoms with Gasteiger partial charge in [-0.05, 0) is 17.0 Å². The average Bonchev–Trinajstić information content (AvgIpc) is 3.28. The predicted octanol–water partition coefficient (Wildman–Crippen LogP) is 2.97. The maximum absolute atomic E-state index is 14.9. The minimum atomic E-state index is -3.55. The summed E-state index contributed by atoms with van der Waals surface area (Å²) in [5.41, 5.74) is 0.432. The number of amides is 1. The van der Waals surface area contributed by atoms with Crippen molar-refractivity contribution < 1.29 is 27.9 Å². The van der Waals surface area contributed by atoms with E-state index in [1.165, 1.54) is 12.1 Å². The highest BCUT2D eigenvalue weighted by atomic mass is 35.5. The highest BCUT2D eigenvalue weighted by Gasteiger charge is 2.41. The number of anilines is 1. The van der Waals surface area contributed by atoms with Gasteiger partial charge in [0.15, 0.2) is 11.6 Å². The van der Waals surface area contributed by atoms with Gasteiger partial charge < -0.3 is 20.6 Å². The van der Waals surface area contributed by atoms with Gasteiger partial charge in [0.1, 0.15) is 0 Å². The molecule has 0 radical (unpaired) electrons. The van der Waals surface area contributed by atoms with Gasteiger partial charge in [0.25, 0.3) is 0 Å². The van der Waals surface area contributed by atoms with Gasteiger partial charge in [0.2, 0.25) is 12.1 Å². The lowest BCUT2D eigenvalue weighted by Gasteiger charge is -2.16. The van der Waals surface area contributed by atoms with Crippen LogP contribution < -0.4 is 20.3 Å². The van der Waals surface area contributed by atoms with Crippen molar-refractivity contribution in [2.45, 2.75) is 18.9 Å². The molecule has 176 valence electrons. The molecule has 34 heavy (non-hydrogen) atoms. The SMILES string of the molecule is O=C(Cc1c(Cl)cnc(NCC(F)(F)c2cccc[n+]2O)c1F)NCc1cnc2[n-]ccc2c1. The average molecular weight is 491 g/mol. The summed E-state index contributed by atoms with van der Waals surface area (Å²) in [4.78, 5) is 24.3. The second kappa shape index (κ2) is 9.56. The molecule has 1 amide bonds. The Labute approximate surface area is 196 Å². The van der Waals surface area contributed by atoms with Crippen LogP contribution in [-0.4, -0.2) is 27.6 Å². The van der Waals surface area contributed by atoms with E-state index < -0.39 is 42.1 Å². The molecule has 0 aromatic carbocycles. The second-order valence-corrected chi connectivity index (χ2v) is 7.80. The fourth-order valence-electron chi connectivity index (χ4n) is 3.26. The molecule has 8 nitrogen and oxygen atoms in total. The fourth-order valence-corrected chi connectivity index (χ4v) is 3.46. The number of hydrogen-bond donors (Lipinski definition) is 3. The Hall–Kier alpha value is -3.86. The van der Waals surface area contributed by atoms with Gasteiger partial charge in [0, 0.05) is 35.2 Å². The second-order valence-electron chi connectivity index (χ2n) is 7.39. The van der Waals surface area contributed by atoms with Crippen LogP contribution in [0.2, 0.25) is 5.02 Å². The van der Waals surface area contributed by atoms with Crippen molar-refractivity contribution in [2.24, 2.45) is 0 Å². The maximum atomic E-state index is 14.9. The van der Waals surface area contributed by atoms with E-state index in [9.17, 15) is 23.2 Å². The molecule has 0 aliphatic rings. The number of pyridine rings is 3. The molecule has 0 bridgehead atoms. The van der Waals surface area contributed by atoms with Crippen molar-refractivity contribution in [1.29, 1.82) is 0 Å². The summed E-state index contributed by atoms with van der Waals surface area (Å²) < 4.78 is 44.2. The summed E-state index contributed by atoms with van der Waals surface area (Å²) in [5, 5.41) is 15.2. The molecule has 4 aromatic rings. The third-order valence-corrected chi connectivity index (χ3v) is 5.32. The van der Waals surface area contributed by atoms with Crippen molar-refractivity contribution in [3.8, 4) is 0 Å². The molecule has 0 spiro atoms. The molecule has 3 N–H and O–H groups in total. The zero-order chi connectivity index (χ0) is 24.3. The largest absolute Gasteiger partial charge is 0.442 e. The fraction of sp³-hybridized carbons (Fsp3) is 0.182. The molecule has 0 saturated carbocycles. The van der Waals surface area contributed by atoms with Crippen molar-refractivity contribution in [2.75, 3.05) is 11.9 Å². The molecular weight excluding hydrogens is 473 g/mol. The normalized spacial score (nSPS) is 11.5. The van der Waals surface area contributed by atoms with Gasteiger partial charge in [-0.3, -0.25) is 10.0 Å². The van der Waals surface area contributed by atoms with E-state index in [0.29, 0.717) is 5.65 Å². The number of fused-ring (bicyclic) bond motifs is 1. The summed E-state index contributed by atoms with van der Waals surface area (Å²) in [6, 6.07) is 7.35. The van der Waals surface area contributed by atoms with Gasteiger partial charge in [-0.1, -0.05) is 41.8 Å². The van der Waals surface area contributed by atoms with E-state index >= 15 is 0 Å². The van der Waals surface area contributed by atoms with Crippen molar-refractivity contribution in [3.63, 3.8) is 0 Å². The number of nitrogens with one attached hydrogen (secondary N) is 2. The Morgan fingerprint density at radius 1 is 1.24 bits per heavy atom. The van der Waals surface area contributed by atoms with Gasteiger partial charge in [-0.2, -0.15) is 8.78 Å². The first-order chi connectivity index (χ1) is 16.2. The lowest BCUT2D eigenvalue weighted by Crippen LogP contribution is -2.43. The van der Waals surface area contributed by atoms with Crippen molar-refractivity contribution in [3.05, 3.63) is 82.8 Å². The zero-order valence-electron chi connectivity index (χ0n) is 17.5. The Morgan fingerprint density at radius 2 is 2.06 bits per heavy atom. The topological polar surface area (TPSA) is 105 Å². The molecule has 0 saturated heterocycles. The Balaban J connectivity index is 1.42. The van der Waals surface area contributed by atoms with Crippen LogP contribution >= 0.6 is 11.6 Å². The Kier molecular flexibility index (Phi) is 6.55. The first-order valence-corrected chi connectivity index (χ1v) is 10.4. The van der Waals surface area contributed by atoms with Crippen LogP contribution in [0.1, 0.15) is 16.8 Å². The molecule has 0 aliphatic carbocycles. The van der Waals surface area contributed by atoms with Gasteiger partial charge >= 0.3 is 11.6 Å². The standard InChI is InChI=1S/C22H18ClF3N6O2/c23-16-11-30-21(31-12-22(25,26)17-3-1-2-6-32(17)34)19(24)15(16)8-18(33)28-9-13-7-14-4-5-27-20(14)29-10-13/h1-7,10-11H,8-9,12H2,(H3-,27,28,29,30,31,33,34). The van der Waals surface area contributed by atoms with E-state index in [1.54, 1.807) is 18.5 Å². The first kappa shape index (κ1) is 23.3. The minimum Gasteiger partial charge on any atom is -0.442 e. The third-order valence-electron chi connectivity index (χ3n) is 4.99. The molecule has 0 unspecified atom stereocenters. The smallest absolute Gasteiger partial charge is 0.351 e. The lowest BCUT2D eigenvalue weighted by atomic mass is 10.1. The molecule has 0 fully saturated rings. The monoisotopic (exact) mass is 490 g/mol. The summed E-state index contributed by atoms with van der Waals surface area (Å²) in [6.07, 6.45) is 4.88. The van der Waals surface area contributed by atoms with Gasteiger partial charge in [-0.25, -0.2) is 9.37 Å².